The van der Waals surface area contributed by atoms with Crippen molar-refractivity contribution >= 4 is 11.6 Å². The lowest BCUT2D eigenvalue weighted by Crippen LogP contribution is -2.41. The third kappa shape index (κ3) is 4.25. The number of hydrogen-bond donors (Lipinski definition) is 2. The number of aliphatic hydroxyl groups is 1. The van der Waals surface area contributed by atoms with Gasteiger partial charge in [0.2, 0.25) is 0 Å². The van der Waals surface area contributed by atoms with Crippen LogP contribution < -0.4 is 10.5 Å². The molecule has 100 valence electrons. The second-order valence-electron chi connectivity index (χ2n) is 4.26. The molecular weight excluding hydrogens is 232 g/mol. The van der Waals surface area contributed by atoms with Gasteiger partial charge in [-0.25, -0.2) is 0 Å². The van der Waals surface area contributed by atoms with E-state index in [1.807, 2.05) is 13.8 Å². The molecule has 0 unspecified atom stereocenters. The highest BCUT2D eigenvalue weighted by Gasteiger charge is 2.16. The summed E-state index contributed by atoms with van der Waals surface area (Å²) in [7, 11) is 0. The topological polar surface area (TPSA) is 75.8 Å². The quantitative estimate of drug-likeness (QED) is 0.737. The van der Waals surface area contributed by atoms with Gasteiger partial charge < -0.3 is 20.5 Å². The minimum atomic E-state index is -0.143. The minimum absolute atomic E-state index is 0.0396. The van der Waals surface area contributed by atoms with Crippen molar-refractivity contribution in [3.63, 3.8) is 0 Å². The number of amides is 1. The number of benzene rings is 1. The van der Waals surface area contributed by atoms with Crippen LogP contribution in [0.15, 0.2) is 24.3 Å². The maximum atomic E-state index is 11.9. The Bertz CT molecular complexity index is 376. The summed E-state index contributed by atoms with van der Waals surface area (Å²) in [6.45, 7) is 4.03. The van der Waals surface area contributed by atoms with Gasteiger partial charge in [-0.05, 0) is 38.1 Å². The molecule has 0 fully saturated rings. The van der Waals surface area contributed by atoms with Crippen molar-refractivity contribution in [1.82, 2.24) is 4.90 Å². The number of nitrogens with two attached hydrogens (primary N) is 1. The van der Waals surface area contributed by atoms with E-state index in [0.717, 1.165) is 0 Å². The van der Waals surface area contributed by atoms with Gasteiger partial charge in [-0.1, -0.05) is 0 Å². The predicted octanol–water partition coefficient (Wildman–Crippen LogP) is 0.877. The zero-order valence-electron chi connectivity index (χ0n) is 10.8. The Hall–Kier alpha value is -1.75. The lowest BCUT2D eigenvalue weighted by molar-refractivity contribution is -0.135. The van der Waals surface area contributed by atoms with Crippen LogP contribution in [0.1, 0.15) is 13.8 Å². The fraction of sp³-hybridized carbons (Fsp3) is 0.462. The average Bonchev–Trinajstić information content (AvgIpc) is 2.34. The largest absolute Gasteiger partial charge is 0.484 e. The Kier molecular flexibility index (Phi) is 5.45. The van der Waals surface area contributed by atoms with Gasteiger partial charge >= 0.3 is 0 Å². The van der Waals surface area contributed by atoms with E-state index in [-0.39, 0.29) is 25.2 Å². The molecule has 0 aliphatic carbocycles. The van der Waals surface area contributed by atoms with Crippen molar-refractivity contribution in [2.24, 2.45) is 0 Å². The van der Waals surface area contributed by atoms with E-state index in [2.05, 4.69) is 0 Å². The van der Waals surface area contributed by atoms with E-state index < -0.39 is 0 Å². The van der Waals surface area contributed by atoms with Crippen LogP contribution in [0.5, 0.6) is 5.75 Å². The van der Waals surface area contributed by atoms with E-state index in [4.69, 9.17) is 15.6 Å². The number of rotatable bonds is 6. The fourth-order valence-electron chi connectivity index (χ4n) is 1.57. The molecular formula is C13H20N2O3. The number of aliphatic hydroxyl groups excluding tert-OH is 1. The molecule has 1 amide bonds. The maximum Gasteiger partial charge on any atom is 0.260 e. The normalized spacial score (nSPS) is 10.4. The van der Waals surface area contributed by atoms with Gasteiger partial charge in [-0.2, -0.15) is 0 Å². The number of nitrogens with zero attached hydrogens (tertiary/aromatic N) is 1. The molecule has 0 bridgehead atoms. The van der Waals surface area contributed by atoms with Gasteiger partial charge in [0.05, 0.1) is 6.61 Å². The lowest BCUT2D eigenvalue weighted by atomic mass is 10.3. The Morgan fingerprint density at radius 2 is 2.00 bits per heavy atom. The average molecular weight is 252 g/mol. The van der Waals surface area contributed by atoms with E-state index in [1.165, 1.54) is 0 Å². The minimum Gasteiger partial charge on any atom is -0.484 e. The molecule has 0 aliphatic heterocycles. The summed E-state index contributed by atoms with van der Waals surface area (Å²) >= 11 is 0. The van der Waals surface area contributed by atoms with E-state index in [9.17, 15) is 4.79 Å². The summed E-state index contributed by atoms with van der Waals surface area (Å²) in [5.41, 5.74) is 6.20. The molecule has 0 radical (unpaired) electrons. The number of carbonyl (C=O) groups excluding carboxylic acids is 1. The predicted molar refractivity (Wildman–Crippen MR) is 70.3 cm³/mol. The second kappa shape index (κ2) is 6.86. The Morgan fingerprint density at radius 3 is 2.50 bits per heavy atom. The van der Waals surface area contributed by atoms with Crippen LogP contribution >= 0.6 is 0 Å². The number of nitrogen functional groups attached to an aromatic ring is 1. The van der Waals surface area contributed by atoms with Gasteiger partial charge in [-0.3, -0.25) is 4.79 Å². The summed E-state index contributed by atoms with van der Waals surface area (Å²) in [6.07, 6.45) is 0. The highest BCUT2D eigenvalue weighted by Crippen LogP contribution is 2.13. The standard InChI is InChI=1S/C13H20N2O3/c1-10(2)15(7-8-16)13(17)9-18-12-5-3-11(14)4-6-12/h3-6,10,16H,7-9,14H2,1-2H3. The molecule has 0 saturated carbocycles. The van der Waals surface area contributed by atoms with Crippen LogP contribution in [0.4, 0.5) is 5.69 Å². The fourth-order valence-corrected chi connectivity index (χ4v) is 1.57. The van der Waals surface area contributed by atoms with E-state index in [0.29, 0.717) is 18.0 Å². The third-order valence-electron chi connectivity index (χ3n) is 2.53. The Balaban J connectivity index is 2.51. The van der Waals surface area contributed by atoms with Gasteiger partial charge in [0.15, 0.2) is 6.61 Å². The summed E-state index contributed by atoms with van der Waals surface area (Å²) in [6, 6.07) is 6.91. The molecule has 0 spiro atoms. The van der Waals surface area contributed by atoms with Gasteiger partial charge in [-0.15, -0.1) is 0 Å². The number of carbonyl (C=O) groups is 1. The number of ether oxygens (including phenoxy) is 1. The highest BCUT2D eigenvalue weighted by molar-refractivity contribution is 5.78. The molecule has 0 heterocycles. The van der Waals surface area contributed by atoms with Crippen LogP contribution in [-0.4, -0.2) is 41.7 Å². The molecule has 5 nitrogen and oxygen atoms in total. The zero-order chi connectivity index (χ0) is 13.5. The first-order valence-electron chi connectivity index (χ1n) is 5.93. The Labute approximate surface area is 107 Å². The second-order valence-corrected chi connectivity index (χ2v) is 4.26. The first-order chi connectivity index (χ1) is 8.54. The van der Waals surface area contributed by atoms with Crippen LogP contribution in [0, 0.1) is 0 Å². The van der Waals surface area contributed by atoms with Crippen molar-refractivity contribution in [1.29, 1.82) is 0 Å². The monoisotopic (exact) mass is 252 g/mol. The molecule has 0 atom stereocenters. The van der Waals surface area contributed by atoms with Crippen molar-refractivity contribution in [2.75, 3.05) is 25.5 Å². The van der Waals surface area contributed by atoms with Crippen molar-refractivity contribution in [2.45, 2.75) is 19.9 Å². The summed E-state index contributed by atoms with van der Waals surface area (Å²) in [4.78, 5) is 13.5. The lowest BCUT2D eigenvalue weighted by Gasteiger charge is -2.25. The SMILES string of the molecule is CC(C)N(CCO)C(=O)COc1ccc(N)cc1. The molecule has 18 heavy (non-hydrogen) atoms. The molecule has 0 aromatic heterocycles. The van der Waals surface area contributed by atoms with Crippen LogP contribution in [-0.2, 0) is 4.79 Å². The molecule has 0 saturated heterocycles. The van der Waals surface area contributed by atoms with E-state index >= 15 is 0 Å². The van der Waals surface area contributed by atoms with Gasteiger partial charge in [0.1, 0.15) is 5.75 Å². The summed E-state index contributed by atoms with van der Waals surface area (Å²) in [5.74, 6) is 0.459. The van der Waals surface area contributed by atoms with Crippen LogP contribution in [0.3, 0.4) is 0 Å². The summed E-state index contributed by atoms with van der Waals surface area (Å²) in [5, 5.41) is 8.90. The third-order valence-corrected chi connectivity index (χ3v) is 2.53. The maximum absolute atomic E-state index is 11.9. The van der Waals surface area contributed by atoms with Crippen LogP contribution in [0.25, 0.3) is 0 Å². The zero-order valence-corrected chi connectivity index (χ0v) is 10.8. The molecule has 0 aliphatic rings. The number of hydrogen-bond acceptors (Lipinski definition) is 4. The number of anilines is 1. The van der Waals surface area contributed by atoms with Crippen molar-refractivity contribution in [3.8, 4) is 5.75 Å². The Morgan fingerprint density at radius 1 is 1.39 bits per heavy atom. The van der Waals surface area contributed by atoms with Gasteiger partial charge in [0.25, 0.3) is 5.91 Å². The smallest absolute Gasteiger partial charge is 0.260 e. The molecule has 5 heteroatoms. The van der Waals surface area contributed by atoms with Crippen molar-refractivity contribution < 1.29 is 14.6 Å². The first-order valence-corrected chi connectivity index (χ1v) is 5.93. The molecule has 3 N–H and O–H groups in total. The molecule has 1 aromatic carbocycles. The first kappa shape index (κ1) is 14.3. The highest BCUT2D eigenvalue weighted by atomic mass is 16.5. The van der Waals surface area contributed by atoms with E-state index in [1.54, 1.807) is 29.2 Å². The molecule has 1 aromatic rings. The van der Waals surface area contributed by atoms with Crippen LogP contribution in [0.2, 0.25) is 0 Å². The summed E-state index contributed by atoms with van der Waals surface area (Å²) < 4.78 is 5.37. The molecule has 1 rings (SSSR count). The van der Waals surface area contributed by atoms with Gasteiger partial charge in [0, 0.05) is 18.3 Å². The van der Waals surface area contributed by atoms with Crippen molar-refractivity contribution in [3.05, 3.63) is 24.3 Å².